The van der Waals surface area contributed by atoms with E-state index in [9.17, 15) is 23.6 Å². The standard InChI is InChI=1S/C20H22N4O5S/c1-5-16(25)20(3)11-29-18-15(30(27,28)23-20)10-24(4)17(18)19(26)22-14-7-6-12(2)13(8-14)9-21/h5-8,10,16,23,25H,1,11H2,2-4H3,(H,22,26)/t16-,20+/m1/s1. The van der Waals surface area contributed by atoms with Gasteiger partial charge in [-0.1, -0.05) is 12.1 Å². The van der Waals surface area contributed by atoms with Gasteiger partial charge in [0.15, 0.2) is 11.4 Å². The number of nitriles is 1. The molecule has 3 N–H and O–H groups in total. The Hall–Kier alpha value is -3.13. The summed E-state index contributed by atoms with van der Waals surface area (Å²) in [5, 5.41) is 22.0. The van der Waals surface area contributed by atoms with Crippen LogP contribution < -0.4 is 14.8 Å². The minimum absolute atomic E-state index is 0.00759. The molecule has 9 nitrogen and oxygen atoms in total. The zero-order chi connectivity index (χ0) is 22.3. The Labute approximate surface area is 174 Å². The van der Waals surface area contributed by atoms with Crippen molar-refractivity contribution in [2.75, 3.05) is 11.9 Å². The largest absolute Gasteiger partial charge is 0.488 e. The predicted octanol–water partition coefficient (Wildman–Crippen LogP) is 1.43. The van der Waals surface area contributed by atoms with Crippen LogP contribution in [0.25, 0.3) is 0 Å². The van der Waals surface area contributed by atoms with Gasteiger partial charge in [0.1, 0.15) is 11.5 Å². The van der Waals surface area contributed by atoms with Crippen LogP contribution in [-0.4, -0.2) is 42.2 Å². The number of aryl methyl sites for hydroxylation is 2. The van der Waals surface area contributed by atoms with Crippen LogP contribution in [0.2, 0.25) is 0 Å². The molecule has 158 valence electrons. The molecule has 1 aliphatic rings. The number of sulfonamides is 1. The van der Waals surface area contributed by atoms with Gasteiger partial charge in [-0.05, 0) is 31.5 Å². The van der Waals surface area contributed by atoms with Crippen LogP contribution in [0, 0.1) is 18.3 Å². The van der Waals surface area contributed by atoms with Crippen molar-refractivity contribution in [3.63, 3.8) is 0 Å². The molecule has 3 rings (SSSR count). The van der Waals surface area contributed by atoms with E-state index in [1.807, 2.05) is 6.07 Å². The van der Waals surface area contributed by atoms with E-state index in [0.29, 0.717) is 11.3 Å². The molecule has 1 amide bonds. The lowest BCUT2D eigenvalue weighted by molar-refractivity contribution is 0.0843. The molecule has 0 fully saturated rings. The highest BCUT2D eigenvalue weighted by Gasteiger charge is 2.43. The predicted molar refractivity (Wildman–Crippen MR) is 110 cm³/mol. The van der Waals surface area contributed by atoms with Crippen molar-refractivity contribution in [2.45, 2.75) is 30.4 Å². The summed E-state index contributed by atoms with van der Waals surface area (Å²) in [6.07, 6.45) is 1.27. The van der Waals surface area contributed by atoms with Gasteiger partial charge in [0, 0.05) is 18.9 Å². The number of aliphatic hydroxyl groups excluding tert-OH is 1. The van der Waals surface area contributed by atoms with E-state index in [2.05, 4.69) is 16.6 Å². The van der Waals surface area contributed by atoms with Crippen molar-refractivity contribution in [3.05, 3.63) is 53.9 Å². The van der Waals surface area contributed by atoms with E-state index in [-0.39, 0.29) is 22.9 Å². The Kier molecular flexibility index (Phi) is 5.47. The Bertz CT molecular complexity index is 1180. The SMILES string of the molecule is C=C[C@@H](O)[C@]1(C)COc2c(cn(C)c2C(=O)Nc2ccc(C)c(C#N)c2)S(=O)(=O)N1. The summed E-state index contributed by atoms with van der Waals surface area (Å²) >= 11 is 0. The number of ether oxygens (including phenoxy) is 1. The Morgan fingerprint density at radius 3 is 2.87 bits per heavy atom. The molecule has 0 unspecified atom stereocenters. The van der Waals surface area contributed by atoms with Crippen LogP contribution in [0.15, 0.2) is 41.9 Å². The summed E-state index contributed by atoms with van der Waals surface area (Å²) in [5.41, 5.74) is 0.197. The molecule has 0 spiro atoms. The lowest BCUT2D eigenvalue weighted by Crippen LogP contribution is -2.56. The van der Waals surface area contributed by atoms with Gasteiger partial charge in [-0.3, -0.25) is 4.79 Å². The topological polar surface area (TPSA) is 133 Å². The summed E-state index contributed by atoms with van der Waals surface area (Å²) in [7, 11) is -2.57. The first-order chi connectivity index (χ1) is 14.0. The molecule has 0 saturated heterocycles. The monoisotopic (exact) mass is 430 g/mol. The van der Waals surface area contributed by atoms with Gasteiger partial charge in [-0.2, -0.15) is 9.98 Å². The van der Waals surface area contributed by atoms with Crippen LogP contribution in [0.4, 0.5) is 5.69 Å². The van der Waals surface area contributed by atoms with Crippen LogP contribution in [-0.2, 0) is 17.1 Å². The average Bonchev–Trinajstić information content (AvgIpc) is 2.99. The number of aliphatic hydroxyl groups is 1. The van der Waals surface area contributed by atoms with Gasteiger partial charge in [0.25, 0.3) is 5.91 Å². The smallest absolute Gasteiger partial charge is 0.276 e. The van der Waals surface area contributed by atoms with E-state index in [0.717, 1.165) is 5.56 Å². The van der Waals surface area contributed by atoms with E-state index in [1.165, 1.54) is 36.9 Å². The number of nitrogens with one attached hydrogen (secondary N) is 2. The Morgan fingerprint density at radius 2 is 2.23 bits per heavy atom. The minimum Gasteiger partial charge on any atom is -0.488 e. The first kappa shape index (κ1) is 21.6. The van der Waals surface area contributed by atoms with E-state index >= 15 is 0 Å². The van der Waals surface area contributed by atoms with Gasteiger partial charge >= 0.3 is 0 Å². The van der Waals surface area contributed by atoms with Crippen LogP contribution in [0.3, 0.4) is 0 Å². The molecule has 0 saturated carbocycles. The van der Waals surface area contributed by atoms with Crippen LogP contribution in [0.1, 0.15) is 28.5 Å². The summed E-state index contributed by atoms with van der Waals surface area (Å²) < 4.78 is 35.3. The second-order valence-electron chi connectivity index (χ2n) is 7.37. The maximum absolute atomic E-state index is 13.0. The second kappa shape index (κ2) is 7.60. The fourth-order valence-corrected chi connectivity index (χ4v) is 4.80. The molecular weight excluding hydrogens is 408 g/mol. The summed E-state index contributed by atoms with van der Waals surface area (Å²) in [6, 6.07) is 6.93. The number of carbonyl (C=O) groups excluding carboxylic acids is 1. The number of hydrogen-bond donors (Lipinski definition) is 3. The van der Waals surface area contributed by atoms with Gasteiger partial charge in [-0.25, -0.2) is 8.42 Å². The Balaban J connectivity index is 2.01. The van der Waals surface area contributed by atoms with Crippen LogP contribution in [0.5, 0.6) is 5.75 Å². The molecule has 30 heavy (non-hydrogen) atoms. The number of amides is 1. The zero-order valence-corrected chi connectivity index (χ0v) is 17.6. The first-order valence-corrected chi connectivity index (χ1v) is 10.5. The third-order valence-electron chi connectivity index (χ3n) is 4.98. The van der Waals surface area contributed by atoms with Gasteiger partial charge < -0.3 is 19.7 Å². The number of rotatable bonds is 4. The lowest BCUT2D eigenvalue weighted by atomic mass is 9.97. The van der Waals surface area contributed by atoms with Gasteiger partial charge in [0.2, 0.25) is 10.0 Å². The molecule has 10 heteroatoms. The molecule has 2 aromatic rings. The number of anilines is 1. The van der Waals surface area contributed by atoms with Gasteiger partial charge in [0.05, 0.1) is 23.3 Å². The van der Waals surface area contributed by atoms with Gasteiger partial charge in [-0.15, -0.1) is 6.58 Å². The minimum atomic E-state index is -4.09. The van der Waals surface area contributed by atoms with E-state index in [4.69, 9.17) is 4.74 Å². The second-order valence-corrected chi connectivity index (χ2v) is 9.02. The molecule has 2 heterocycles. The van der Waals surface area contributed by atoms with Crippen molar-refractivity contribution in [3.8, 4) is 11.8 Å². The molecule has 2 atom stereocenters. The number of aromatic nitrogens is 1. The molecule has 0 aliphatic carbocycles. The Morgan fingerprint density at radius 1 is 1.53 bits per heavy atom. The molecule has 1 aromatic heterocycles. The van der Waals surface area contributed by atoms with Crippen molar-refractivity contribution >= 4 is 21.6 Å². The summed E-state index contributed by atoms with van der Waals surface area (Å²) in [4.78, 5) is 12.7. The fraction of sp³-hybridized carbons (Fsp3) is 0.300. The number of hydrogen-bond acceptors (Lipinski definition) is 6. The number of nitrogens with zero attached hydrogens (tertiary/aromatic N) is 2. The normalized spacial score (nSPS) is 20.8. The van der Waals surface area contributed by atoms with Crippen molar-refractivity contribution in [1.29, 1.82) is 5.26 Å². The maximum Gasteiger partial charge on any atom is 0.276 e. The molecule has 1 aliphatic heterocycles. The maximum atomic E-state index is 13.0. The number of carbonyl (C=O) groups is 1. The number of fused-ring (bicyclic) bond motifs is 1. The quantitative estimate of drug-likeness (QED) is 0.629. The third kappa shape index (κ3) is 3.70. The van der Waals surface area contributed by atoms with Crippen molar-refractivity contribution in [1.82, 2.24) is 9.29 Å². The lowest BCUT2D eigenvalue weighted by Gasteiger charge is -2.31. The number of benzene rings is 1. The molecule has 1 aromatic carbocycles. The van der Waals surface area contributed by atoms with E-state index < -0.39 is 27.6 Å². The highest BCUT2D eigenvalue weighted by molar-refractivity contribution is 7.89. The van der Waals surface area contributed by atoms with E-state index in [1.54, 1.807) is 19.1 Å². The molecule has 0 radical (unpaired) electrons. The zero-order valence-electron chi connectivity index (χ0n) is 16.8. The first-order valence-electron chi connectivity index (χ1n) is 9.01. The van der Waals surface area contributed by atoms with Crippen LogP contribution >= 0.6 is 0 Å². The fourth-order valence-electron chi connectivity index (χ4n) is 3.20. The van der Waals surface area contributed by atoms with Crippen molar-refractivity contribution in [2.24, 2.45) is 7.05 Å². The highest BCUT2D eigenvalue weighted by Crippen LogP contribution is 2.35. The summed E-state index contributed by atoms with van der Waals surface area (Å²) in [6.45, 7) is 6.53. The summed E-state index contributed by atoms with van der Waals surface area (Å²) in [5.74, 6) is -0.718. The average molecular weight is 430 g/mol. The molecular formula is C20H22N4O5S. The molecule has 0 bridgehead atoms. The highest BCUT2D eigenvalue weighted by atomic mass is 32.2. The third-order valence-corrected chi connectivity index (χ3v) is 6.59. The van der Waals surface area contributed by atoms with Crippen molar-refractivity contribution < 1.29 is 23.1 Å².